The zero-order chi connectivity index (χ0) is 17.1. The molecule has 0 atom stereocenters. The Morgan fingerprint density at radius 1 is 1.04 bits per heavy atom. The third kappa shape index (κ3) is 3.49. The van der Waals surface area contributed by atoms with Gasteiger partial charge >= 0.3 is 0 Å². The Morgan fingerprint density at radius 2 is 1.79 bits per heavy atom. The highest BCUT2D eigenvalue weighted by molar-refractivity contribution is 6.30. The first kappa shape index (κ1) is 16.3. The third-order valence-electron chi connectivity index (χ3n) is 4.09. The lowest BCUT2D eigenvalue weighted by atomic mass is 9.99. The van der Waals surface area contributed by atoms with Gasteiger partial charge in [0, 0.05) is 29.2 Å². The van der Waals surface area contributed by atoms with Crippen LogP contribution in [0.5, 0.6) is 0 Å². The molecule has 0 fully saturated rings. The predicted molar refractivity (Wildman–Crippen MR) is 94.9 cm³/mol. The molecule has 0 bridgehead atoms. The number of rotatable bonds is 3. The van der Waals surface area contributed by atoms with Crippen LogP contribution < -0.4 is 5.73 Å². The van der Waals surface area contributed by atoms with Crippen LogP contribution in [0.3, 0.4) is 0 Å². The molecule has 2 amide bonds. The van der Waals surface area contributed by atoms with Crippen LogP contribution in [0.4, 0.5) is 0 Å². The first-order valence-electron chi connectivity index (χ1n) is 7.69. The molecule has 2 aromatic rings. The van der Waals surface area contributed by atoms with Crippen LogP contribution >= 0.6 is 11.6 Å². The van der Waals surface area contributed by atoms with E-state index in [2.05, 4.69) is 0 Å². The largest absolute Gasteiger partial charge is 0.366 e. The molecule has 0 saturated heterocycles. The Bertz CT molecular complexity index is 830. The molecule has 1 aliphatic rings. The number of hydrogen-bond donors (Lipinski definition) is 1. The average Bonchev–Trinajstić information content (AvgIpc) is 2.61. The van der Waals surface area contributed by atoms with Gasteiger partial charge in [-0.2, -0.15) is 0 Å². The SMILES string of the molecule is NC(=O)c1cccc(C(=O)N2CC=C(c3cccc(Cl)c3)CC2)c1. The van der Waals surface area contributed by atoms with Crippen LogP contribution in [0.25, 0.3) is 5.57 Å². The quantitative estimate of drug-likeness (QED) is 0.931. The van der Waals surface area contributed by atoms with Gasteiger partial charge in [0.25, 0.3) is 5.91 Å². The number of primary amides is 1. The minimum atomic E-state index is -0.536. The van der Waals surface area contributed by atoms with Crippen molar-refractivity contribution in [2.45, 2.75) is 6.42 Å². The molecule has 4 nitrogen and oxygen atoms in total. The van der Waals surface area contributed by atoms with E-state index in [1.54, 1.807) is 29.2 Å². The zero-order valence-corrected chi connectivity index (χ0v) is 13.8. The number of benzene rings is 2. The summed E-state index contributed by atoms with van der Waals surface area (Å²) in [5, 5.41) is 0.704. The van der Waals surface area contributed by atoms with Crippen LogP contribution in [-0.4, -0.2) is 29.8 Å². The second-order valence-corrected chi connectivity index (χ2v) is 6.12. The molecule has 0 aromatic heterocycles. The minimum Gasteiger partial charge on any atom is -0.366 e. The molecule has 1 aliphatic heterocycles. The average molecular weight is 341 g/mol. The number of amides is 2. The van der Waals surface area contributed by atoms with E-state index in [9.17, 15) is 9.59 Å². The van der Waals surface area contributed by atoms with Gasteiger partial charge in [0.05, 0.1) is 0 Å². The second-order valence-electron chi connectivity index (χ2n) is 5.69. The zero-order valence-electron chi connectivity index (χ0n) is 13.0. The van der Waals surface area contributed by atoms with Crippen molar-refractivity contribution >= 4 is 29.0 Å². The van der Waals surface area contributed by atoms with E-state index in [1.807, 2.05) is 30.3 Å². The van der Waals surface area contributed by atoms with Crippen molar-refractivity contribution in [2.75, 3.05) is 13.1 Å². The fraction of sp³-hybridized carbons (Fsp3) is 0.158. The van der Waals surface area contributed by atoms with Gasteiger partial charge in [-0.1, -0.05) is 35.9 Å². The number of halogens is 1. The van der Waals surface area contributed by atoms with Crippen molar-refractivity contribution in [3.05, 3.63) is 76.3 Å². The van der Waals surface area contributed by atoms with E-state index in [0.717, 1.165) is 12.0 Å². The monoisotopic (exact) mass is 340 g/mol. The third-order valence-corrected chi connectivity index (χ3v) is 4.32. The van der Waals surface area contributed by atoms with Crippen molar-refractivity contribution in [1.82, 2.24) is 4.90 Å². The summed E-state index contributed by atoms with van der Waals surface area (Å²) in [4.78, 5) is 25.6. The number of hydrogen-bond acceptors (Lipinski definition) is 2. The second kappa shape index (κ2) is 6.89. The molecule has 3 rings (SSSR count). The van der Waals surface area contributed by atoms with Crippen molar-refractivity contribution in [2.24, 2.45) is 5.73 Å². The normalized spacial score (nSPS) is 14.2. The summed E-state index contributed by atoms with van der Waals surface area (Å²) in [7, 11) is 0. The van der Waals surface area contributed by atoms with Crippen molar-refractivity contribution in [1.29, 1.82) is 0 Å². The summed E-state index contributed by atoms with van der Waals surface area (Å²) in [6, 6.07) is 14.2. The first-order chi connectivity index (χ1) is 11.5. The number of nitrogens with two attached hydrogens (primary N) is 1. The lowest BCUT2D eigenvalue weighted by Crippen LogP contribution is -2.34. The number of carbonyl (C=O) groups is 2. The van der Waals surface area contributed by atoms with Crippen molar-refractivity contribution in [3.8, 4) is 0 Å². The highest BCUT2D eigenvalue weighted by Gasteiger charge is 2.20. The molecule has 24 heavy (non-hydrogen) atoms. The number of carbonyl (C=O) groups excluding carboxylic acids is 2. The molecule has 2 aromatic carbocycles. The van der Waals surface area contributed by atoms with E-state index >= 15 is 0 Å². The van der Waals surface area contributed by atoms with Gasteiger partial charge < -0.3 is 10.6 Å². The Hall–Kier alpha value is -2.59. The van der Waals surface area contributed by atoms with Crippen LogP contribution in [0.2, 0.25) is 5.02 Å². The van der Waals surface area contributed by atoms with Gasteiger partial charge in [-0.15, -0.1) is 0 Å². The Morgan fingerprint density at radius 3 is 2.46 bits per heavy atom. The molecular weight excluding hydrogens is 324 g/mol. The van der Waals surface area contributed by atoms with Crippen molar-refractivity contribution < 1.29 is 9.59 Å². The Balaban J connectivity index is 1.75. The molecular formula is C19H17ClN2O2. The molecule has 0 radical (unpaired) electrons. The van der Waals surface area contributed by atoms with Gasteiger partial charge in [-0.25, -0.2) is 0 Å². The summed E-state index contributed by atoms with van der Waals surface area (Å²) >= 11 is 6.03. The number of nitrogens with zero attached hydrogens (tertiary/aromatic N) is 1. The lowest BCUT2D eigenvalue weighted by molar-refractivity contribution is 0.0773. The minimum absolute atomic E-state index is 0.0977. The molecule has 0 aliphatic carbocycles. The fourth-order valence-electron chi connectivity index (χ4n) is 2.79. The Labute approximate surface area is 145 Å². The maximum atomic E-state index is 12.6. The van der Waals surface area contributed by atoms with Gasteiger partial charge in [0.1, 0.15) is 0 Å². The standard InChI is InChI=1S/C19H17ClN2O2/c20-17-6-2-3-14(12-17)13-7-9-22(10-8-13)19(24)16-5-1-4-15(11-16)18(21)23/h1-7,11-12H,8-10H2,(H2,21,23). The molecule has 5 heteroatoms. The molecule has 2 N–H and O–H groups in total. The molecule has 122 valence electrons. The van der Waals surface area contributed by atoms with Crippen LogP contribution in [0.1, 0.15) is 32.7 Å². The van der Waals surface area contributed by atoms with Crippen LogP contribution in [0.15, 0.2) is 54.6 Å². The van der Waals surface area contributed by atoms with E-state index in [4.69, 9.17) is 17.3 Å². The van der Waals surface area contributed by atoms with E-state index < -0.39 is 5.91 Å². The summed E-state index contributed by atoms with van der Waals surface area (Å²) in [5.41, 5.74) is 8.37. The molecule has 0 spiro atoms. The molecule has 1 heterocycles. The fourth-order valence-corrected chi connectivity index (χ4v) is 2.98. The summed E-state index contributed by atoms with van der Waals surface area (Å²) in [6.07, 6.45) is 2.81. The van der Waals surface area contributed by atoms with Gasteiger partial charge in [0.15, 0.2) is 0 Å². The highest BCUT2D eigenvalue weighted by Crippen LogP contribution is 2.25. The van der Waals surface area contributed by atoms with Gasteiger partial charge in [-0.3, -0.25) is 9.59 Å². The predicted octanol–water partition coefficient (Wildman–Crippen LogP) is 3.37. The summed E-state index contributed by atoms with van der Waals surface area (Å²) in [5.74, 6) is -0.633. The lowest BCUT2D eigenvalue weighted by Gasteiger charge is -2.27. The summed E-state index contributed by atoms with van der Waals surface area (Å²) in [6.45, 7) is 1.15. The maximum absolute atomic E-state index is 12.6. The Kier molecular flexibility index (Phi) is 4.67. The topological polar surface area (TPSA) is 63.4 Å². The van der Waals surface area contributed by atoms with Crippen molar-refractivity contribution in [3.63, 3.8) is 0 Å². The first-order valence-corrected chi connectivity index (χ1v) is 8.06. The van der Waals surface area contributed by atoms with E-state index in [1.165, 1.54) is 5.57 Å². The highest BCUT2D eigenvalue weighted by atomic mass is 35.5. The van der Waals surface area contributed by atoms with Crippen LogP contribution in [0, 0.1) is 0 Å². The van der Waals surface area contributed by atoms with Crippen LogP contribution in [-0.2, 0) is 0 Å². The molecule has 0 unspecified atom stereocenters. The van der Waals surface area contributed by atoms with E-state index in [0.29, 0.717) is 29.2 Å². The van der Waals surface area contributed by atoms with Gasteiger partial charge in [0.2, 0.25) is 5.91 Å². The summed E-state index contributed by atoms with van der Waals surface area (Å²) < 4.78 is 0. The maximum Gasteiger partial charge on any atom is 0.254 e. The van der Waals surface area contributed by atoms with Gasteiger partial charge in [-0.05, 0) is 47.9 Å². The smallest absolute Gasteiger partial charge is 0.254 e. The molecule has 0 saturated carbocycles. The van der Waals surface area contributed by atoms with E-state index in [-0.39, 0.29) is 5.91 Å².